The van der Waals surface area contributed by atoms with Crippen molar-refractivity contribution in [3.63, 3.8) is 0 Å². The van der Waals surface area contributed by atoms with Crippen molar-refractivity contribution in [2.45, 2.75) is 20.8 Å². The average molecular weight is 414 g/mol. The topological polar surface area (TPSA) is 70.6 Å². The number of rotatable bonds is 6. The van der Waals surface area contributed by atoms with E-state index in [4.69, 9.17) is 0 Å². The second-order valence-electron chi connectivity index (χ2n) is 6.44. The third kappa shape index (κ3) is 6.00. The summed E-state index contributed by atoms with van der Waals surface area (Å²) in [7, 11) is 0. The van der Waals surface area contributed by atoms with Gasteiger partial charge in [0.1, 0.15) is 0 Å². The zero-order valence-electron chi connectivity index (χ0n) is 18.1. The fraction of sp³-hybridized carbons (Fsp3) is 0.115. The predicted molar refractivity (Wildman–Crippen MR) is 131 cm³/mol. The molecule has 2 amide bonds. The molecule has 0 heterocycles. The minimum Gasteiger partial charge on any atom is -0.322 e. The van der Waals surface area contributed by atoms with Crippen molar-refractivity contribution in [2.75, 3.05) is 10.6 Å². The van der Waals surface area contributed by atoms with Gasteiger partial charge in [0, 0.05) is 22.5 Å². The fourth-order valence-electron chi connectivity index (χ4n) is 2.82. The van der Waals surface area contributed by atoms with Crippen LogP contribution in [0.1, 0.15) is 45.7 Å². The van der Waals surface area contributed by atoms with Gasteiger partial charge in [0.15, 0.2) is 0 Å². The van der Waals surface area contributed by atoms with Gasteiger partial charge in [-0.15, -0.1) is 0 Å². The SMILES string of the molecule is C=Cc1ccc(C(=O)Nc2ccc(C)c(NC(=O)c3ccccc3)c2)cc1N=C.CC. The highest BCUT2D eigenvalue weighted by Gasteiger charge is 2.11. The summed E-state index contributed by atoms with van der Waals surface area (Å²) in [4.78, 5) is 29.0. The van der Waals surface area contributed by atoms with Crippen molar-refractivity contribution >= 4 is 41.7 Å². The molecule has 5 nitrogen and oxygen atoms in total. The number of carbonyl (C=O) groups is 2. The number of hydrogen-bond donors (Lipinski definition) is 2. The van der Waals surface area contributed by atoms with Gasteiger partial charge in [-0.1, -0.05) is 56.8 Å². The van der Waals surface area contributed by atoms with Gasteiger partial charge in [0.05, 0.1) is 5.69 Å². The molecule has 0 aliphatic heterocycles. The van der Waals surface area contributed by atoms with Gasteiger partial charge in [-0.25, -0.2) is 0 Å². The molecule has 0 fully saturated rings. The van der Waals surface area contributed by atoms with Crippen LogP contribution >= 0.6 is 0 Å². The third-order valence-corrected chi connectivity index (χ3v) is 4.46. The Morgan fingerprint density at radius 1 is 0.871 bits per heavy atom. The molecule has 2 N–H and O–H groups in total. The summed E-state index contributed by atoms with van der Waals surface area (Å²) < 4.78 is 0. The van der Waals surface area contributed by atoms with Gasteiger partial charge in [0.25, 0.3) is 11.8 Å². The van der Waals surface area contributed by atoms with E-state index in [0.717, 1.165) is 11.1 Å². The van der Waals surface area contributed by atoms with Crippen molar-refractivity contribution in [2.24, 2.45) is 4.99 Å². The number of aryl methyl sites for hydroxylation is 1. The Balaban J connectivity index is 0.00000166. The van der Waals surface area contributed by atoms with Gasteiger partial charge < -0.3 is 10.6 Å². The van der Waals surface area contributed by atoms with Crippen molar-refractivity contribution in [1.82, 2.24) is 0 Å². The van der Waals surface area contributed by atoms with Gasteiger partial charge >= 0.3 is 0 Å². The van der Waals surface area contributed by atoms with Crippen molar-refractivity contribution < 1.29 is 9.59 Å². The first kappa shape index (κ1) is 23.3. The van der Waals surface area contributed by atoms with Gasteiger partial charge in [0.2, 0.25) is 0 Å². The number of hydrogen-bond acceptors (Lipinski definition) is 3. The highest BCUT2D eigenvalue weighted by atomic mass is 16.2. The average Bonchev–Trinajstić information content (AvgIpc) is 2.82. The zero-order valence-corrected chi connectivity index (χ0v) is 18.1. The minimum absolute atomic E-state index is 0.209. The molecular weight excluding hydrogens is 386 g/mol. The summed E-state index contributed by atoms with van der Waals surface area (Å²) in [6.07, 6.45) is 1.66. The third-order valence-electron chi connectivity index (χ3n) is 4.46. The molecule has 0 radical (unpaired) electrons. The van der Waals surface area contributed by atoms with E-state index in [9.17, 15) is 9.59 Å². The normalized spacial score (nSPS) is 9.65. The molecule has 0 bridgehead atoms. The summed E-state index contributed by atoms with van der Waals surface area (Å²) >= 11 is 0. The first-order valence-electron chi connectivity index (χ1n) is 10.0. The number of anilines is 2. The molecule has 0 spiro atoms. The summed E-state index contributed by atoms with van der Waals surface area (Å²) in [5.74, 6) is -0.492. The van der Waals surface area contributed by atoms with E-state index in [1.54, 1.807) is 48.5 Å². The maximum Gasteiger partial charge on any atom is 0.255 e. The predicted octanol–water partition coefficient (Wildman–Crippen LogP) is 6.50. The van der Waals surface area contributed by atoms with E-state index in [0.29, 0.717) is 28.2 Å². The lowest BCUT2D eigenvalue weighted by atomic mass is 10.1. The molecule has 0 aliphatic carbocycles. The number of carbonyl (C=O) groups excluding carboxylic acids is 2. The lowest BCUT2D eigenvalue weighted by Crippen LogP contribution is -2.14. The zero-order chi connectivity index (χ0) is 22.8. The Morgan fingerprint density at radius 3 is 2.19 bits per heavy atom. The van der Waals surface area contributed by atoms with Crippen LogP contribution < -0.4 is 10.6 Å². The maximum atomic E-state index is 12.6. The van der Waals surface area contributed by atoms with Crippen LogP contribution in [0.2, 0.25) is 0 Å². The first-order chi connectivity index (χ1) is 15.0. The van der Waals surface area contributed by atoms with Crippen molar-refractivity contribution in [1.29, 1.82) is 0 Å². The van der Waals surface area contributed by atoms with E-state index in [2.05, 4.69) is 28.9 Å². The highest BCUT2D eigenvalue weighted by molar-refractivity contribution is 6.07. The molecule has 3 rings (SSSR count). The Kier molecular flexibility index (Phi) is 8.46. The summed E-state index contributed by atoms with van der Waals surface area (Å²) in [6, 6.07) is 19.5. The Bertz CT molecular complexity index is 1090. The van der Waals surface area contributed by atoms with Crippen LogP contribution in [0.3, 0.4) is 0 Å². The van der Waals surface area contributed by atoms with Gasteiger partial charge in [-0.2, -0.15) is 0 Å². The van der Waals surface area contributed by atoms with Crippen LogP contribution in [0.25, 0.3) is 6.08 Å². The molecule has 0 unspecified atom stereocenters. The van der Waals surface area contributed by atoms with Crippen LogP contribution in [-0.2, 0) is 0 Å². The minimum atomic E-state index is -0.283. The van der Waals surface area contributed by atoms with Crippen LogP contribution in [0, 0.1) is 6.92 Å². The first-order valence-corrected chi connectivity index (χ1v) is 10.0. The largest absolute Gasteiger partial charge is 0.322 e. The van der Waals surface area contributed by atoms with E-state index < -0.39 is 0 Å². The van der Waals surface area contributed by atoms with Crippen LogP contribution in [0.5, 0.6) is 0 Å². The van der Waals surface area contributed by atoms with Crippen molar-refractivity contribution in [3.05, 3.63) is 95.6 Å². The molecule has 0 atom stereocenters. The molecule has 3 aromatic carbocycles. The molecular formula is C26H27N3O2. The fourth-order valence-corrected chi connectivity index (χ4v) is 2.82. The molecule has 0 aromatic heterocycles. The van der Waals surface area contributed by atoms with E-state index >= 15 is 0 Å². The van der Waals surface area contributed by atoms with Crippen LogP contribution in [-0.4, -0.2) is 18.5 Å². The van der Waals surface area contributed by atoms with E-state index in [1.807, 2.05) is 45.0 Å². The Labute approximate surface area is 183 Å². The summed E-state index contributed by atoms with van der Waals surface area (Å²) in [5, 5.41) is 5.74. The molecule has 0 aliphatic rings. The quantitative estimate of drug-likeness (QED) is 0.453. The highest BCUT2D eigenvalue weighted by Crippen LogP contribution is 2.24. The summed E-state index contributed by atoms with van der Waals surface area (Å²) in [5.41, 5.74) is 4.50. The number of nitrogens with zero attached hydrogens (tertiary/aromatic N) is 1. The van der Waals surface area contributed by atoms with Crippen molar-refractivity contribution in [3.8, 4) is 0 Å². The number of nitrogens with one attached hydrogen (secondary N) is 2. The standard InChI is InChI=1S/C24H21N3O2.C2H6/c1-4-17-11-12-19(14-22(17)25-3)24(29)26-20-13-10-16(2)21(15-20)27-23(28)18-8-6-5-7-9-18;1-2/h4-15H,1,3H2,2H3,(H,26,29)(H,27,28);1-2H3. The number of amides is 2. The van der Waals surface area contributed by atoms with E-state index in [1.165, 1.54) is 0 Å². The second kappa shape index (κ2) is 11.3. The second-order valence-corrected chi connectivity index (χ2v) is 6.44. The number of aliphatic imine (C=N–C) groups is 1. The van der Waals surface area contributed by atoms with Crippen LogP contribution in [0.4, 0.5) is 17.1 Å². The summed E-state index contributed by atoms with van der Waals surface area (Å²) in [6.45, 7) is 13.1. The molecule has 0 saturated heterocycles. The number of benzene rings is 3. The molecule has 3 aromatic rings. The Hall–Kier alpha value is -3.99. The lowest BCUT2D eigenvalue weighted by molar-refractivity contribution is 0.101. The molecule has 31 heavy (non-hydrogen) atoms. The van der Waals surface area contributed by atoms with Crippen LogP contribution in [0.15, 0.2) is 78.3 Å². The molecule has 5 heteroatoms. The maximum absolute atomic E-state index is 12.6. The smallest absolute Gasteiger partial charge is 0.255 e. The van der Waals surface area contributed by atoms with E-state index in [-0.39, 0.29) is 11.8 Å². The van der Waals surface area contributed by atoms with Gasteiger partial charge in [-0.3, -0.25) is 14.6 Å². The molecule has 158 valence electrons. The Morgan fingerprint density at radius 2 is 1.55 bits per heavy atom. The van der Waals surface area contributed by atoms with Gasteiger partial charge in [-0.05, 0) is 61.2 Å². The molecule has 0 saturated carbocycles. The lowest BCUT2D eigenvalue weighted by Gasteiger charge is -2.12. The monoisotopic (exact) mass is 413 g/mol.